The minimum absolute atomic E-state index is 0.0197. The standard InChI is InChI=1S/C16H24N4O2S/c1-6-12-8-13(22-19-12)9-17-16(21)20(5)11(4)15-10(3)18-14(7-2)23-15/h8,11H,6-7,9H2,1-5H3,(H,17,21)/t11-/m1/s1. The van der Waals surface area contributed by atoms with Gasteiger partial charge in [-0.2, -0.15) is 0 Å². The molecule has 1 N–H and O–H groups in total. The number of aromatic nitrogens is 2. The maximum atomic E-state index is 12.3. The van der Waals surface area contributed by atoms with Gasteiger partial charge in [-0.25, -0.2) is 9.78 Å². The van der Waals surface area contributed by atoms with Crippen LogP contribution in [0.2, 0.25) is 0 Å². The van der Waals surface area contributed by atoms with Gasteiger partial charge in [-0.3, -0.25) is 0 Å². The molecule has 23 heavy (non-hydrogen) atoms. The molecule has 2 heterocycles. The average molecular weight is 336 g/mol. The Bertz CT molecular complexity index is 665. The fourth-order valence-electron chi connectivity index (χ4n) is 2.25. The van der Waals surface area contributed by atoms with Gasteiger partial charge in [0.25, 0.3) is 0 Å². The van der Waals surface area contributed by atoms with Crippen LogP contribution in [0, 0.1) is 6.92 Å². The van der Waals surface area contributed by atoms with E-state index < -0.39 is 0 Å². The quantitative estimate of drug-likeness (QED) is 0.877. The number of amides is 2. The number of thiazole rings is 1. The third-order valence-electron chi connectivity index (χ3n) is 3.84. The number of nitrogens with zero attached hydrogens (tertiary/aromatic N) is 3. The van der Waals surface area contributed by atoms with Gasteiger partial charge in [0.2, 0.25) is 0 Å². The van der Waals surface area contributed by atoms with Gasteiger partial charge in [-0.05, 0) is 26.7 Å². The zero-order valence-electron chi connectivity index (χ0n) is 14.3. The fraction of sp³-hybridized carbons (Fsp3) is 0.562. The molecule has 0 saturated carbocycles. The Morgan fingerprint density at radius 1 is 1.43 bits per heavy atom. The average Bonchev–Trinajstić information content (AvgIpc) is 3.17. The normalized spacial score (nSPS) is 12.2. The molecule has 0 fully saturated rings. The predicted molar refractivity (Wildman–Crippen MR) is 90.5 cm³/mol. The smallest absolute Gasteiger partial charge is 0.318 e. The summed E-state index contributed by atoms with van der Waals surface area (Å²) in [7, 11) is 1.79. The van der Waals surface area contributed by atoms with Gasteiger partial charge in [0.15, 0.2) is 5.76 Å². The molecule has 6 nitrogen and oxygen atoms in total. The molecule has 2 aromatic rings. The van der Waals surface area contributed by atoms with E-state index in [0.717, 1.165) is 34.1 Å². The van der Waals surface area contributed by atoms with E-state index in [1.54, 1.807) is 23.3 Å². The van der Waals surface area contributed by atoms with Crippen molar-refractivity contribution < 1.29 is 9.32 Å². The maximum Gasteiger partial charge on any atom is 0.318 e. The second-order valence-corrected chi connectivity index (χ2v) is 6.61. The lowest BCUT2D eigenvalue weighted by molar-refractivity contribution is 0.193. The van der Waals surface area contributed by atoms with E-state index in [9.17, 15) is 4.79 Å². The number of hydrogen-bond donors (Lipinski definition) is 1. The van der Waals surface area contributed by atoms with E-state index in [4.69, 9.17) is 4.52 Å². The number of urea groups is 1. The number of carbonyl (C=O) groups excluding carboxylic acids is 1. The van der Waals surface area contributed by atoms with Gasteiger partial charge in [0.1, 0.15) is 0 Å². The lowest BCUT2D eigenvalue weighted by Crippen LogP contribution is -2.38. The molecular formula is C16H24N4O2S. The largest absolute Gasteiger partial charge is 0.359 e. The minimum atomic E-state index is -0.141. The zero-order valence-corrected chi connectivity index (χ0v) is 15.2. The molecule has 0 aliphatic heterocycles. The highest BCUT2D eigenvalue weighted by Crippen LogP contribution is 2.28. The lowest BCUT2D eigenvalue weighted by atomic mass is 10.2. The summed E-state index contributed by atoms with van der Waals surface area (Å²) in [5, 5.41) is 7.89. The van der Waals surface area contributed by atoms with Gasteiger partial charge >= 0.3 is 6.03 Å². The summed E-state index contributed by atoms with van der Waals surface area (Å²) in [5.41, 5.74) is 1.89. The Kier molecular flexibility index (Phi) is 5.76. The van der Waals surface area contributed by atoms with E-state index in [1.807, 2.05) is 26.8 Å². The van der Waals surface area contributed by atoms with E-state index in [2.05, 4.69) is 22.4 Å². The van der Waals surface area contributed by atoms with Crippen molar-refractivity contribution in [1.82, 2.24) is 20.4 Å². The van der Waals surface area contributed by atoms with Gasteiger partial charge < -0.3 is 14.7 Å². The van der Waals surface area contributed by atoms with Crippen LogP contribution in [-0.2, 0) is 19.4 Å². The van der Waals surface area contributed by atoms with Crippen molar-refractivity contribution in [2.45, 2.75) is 53.1 Å². The van der Waals surface area contributed by atoms with E-state index in [0.29, 0.717) is 12.3 Å². The van der Waals surface area contributed by atoms with Crippen LogP contribution in [0.15, 0.2) is 10.6 Å². The third kappa shape index (κ3) is 4.10. The number of carbonyl (C=O) groups is 1. The van der Waals surface area contributed by atoms with Crippen LogP contribution in [0.5, 0.6) is 0 Å². The summed E-state index contributed by atoms with van der Waals surface area (Å²) >= 11 is 1.67. The van der Waals surface area contributed by atoms with Crippen molar-refractivity contribution in [3.63, 3.8) is 0 Å². The Balaban J connectivity index is 1.96. The van der Waals surface area contributed by atoms with Crippen LogP contribution in [0.1, 0.15) is 53.8 Å². The molecule has 0 aliphatic rings. The molecule has 2 rings (SSSR count). The number of nitrogens with one attached hydrogen (secondary N) is 1. The first-order valence-electron chi connectivity index (χ1n) is 7.87. The molecular weight excluding hydrogens is 312 g/mol. The van der Waals surface area contributed by atoms with Gasteiger partial charge in [-0.15, -0.1) is 11.3 Å². The summed E-state index contributed by atoms with van der Waals surface area (Å²) in [4.78, 5) is 19.7. The first-order chi connectivity index (χ1) is 11.0. The Morgan fingerprint density at radius 2 is 2.17 bits per heavy atom. The highest BCUT2D eigenvalue weighted by atomic mass is 32.1. The maximum absolute atomic E-state index is 12.3. The van der Waals surface area contributed by atoms with Gasteiger partial charge in [0, 0.05) is 18.0 Å². The van der Waals surface area contributed by atoms with E-state index in [-0.39, 0.29) is 12.1 Å². The molecule has 7 heteroatoms. The van der Waals surface area contributed by atoms with Crippen molar-refractivity contribution in [2.24, 2.45) is 0 Å². The van der Waals surface area contributed by atoms with Crippen LogP contribution < -0.4 is 5.32 Å². The summed E-state index contributed by atoms with van der Waals surface area (Å²) in [6.45, 7) is 8.45. The van der Waals surface area contributed by atoms with E-state index >= 15 is 0 Å². The molecule has 0 bridgehead atoms. The van der Waals surface area contributed by atoms with Crippen LogP contribution in [0.25, 0.3) is 0 Å². The SMILES string of the molecule is CCc1cc(CNC(=O)N(C)[C@H](C)c2sc(CC)nc2C)on1. The van der Waals surface area contributed by atoms with Crippen molar-refractivity contribution in [2.75, 3.05) is 7.05 Å². The van der Waals surface area contributed by atoms with Gasteiger partial charge in [-0.1, -0.05) is 19.0 Å². The minimum Gasteiger partial charge on any atom is -0.359 e. The first kappa shape index (κ1) is 17.5. The van der Waals surface area contributed by atoms with Crippen LogP contribution in [0.3, 0.4) is 0 Å². The van der Waals surface area contributed by atoms with Crippen molar-refractivity contribution in [3.8, 4) is 0 Å². The Labute approximate surface area is 140 Å². The fourth-order valence-corrected chi connectivity index (χ4v) is 3.35. The molecule has 0 spiro atoms. The second-order valence-electron chi connectivity index (χ2n) is 5.49. The number of aryl methyl sites for hydroxylation is 3. The van der Waals surface area contributed by atoms with E-state index in [1.165, 1.54) is 0 Å². The van der Waals surface area contributed by atoms with Crippen LogP contribution >= 0.6 is 11.3 Å². The highest BCUT2D eigenvalue weighted by Gasteiger charge is 2.22. The van der Waals surface area contributed by atoms with Crippen molar-refractivity contribution in [3.05, 3.63) is 33.1 Å². The predicted octanol–water partition coefficient (Wildman–Crippen LogP) is 3.47. The zero-order chi connectivity index (χ0) is 17.0. The highest BCUT2D eigenvalue weighted by molar-refractivity contribution is 7.11. The second kappa shape index (κ2) is 7.59. The Hall–Kier alpha value is -1.89. The topological polar surface area (TPSA) is 71.3 Å². The molecule has 0 unspecified atom stereocenters. The molecule has 0 radical (unpaired) electrons. The molecule has 0 aliphatic carbocycles. The van der Waals surface area contributed by atoms with Crippen molar-refractivity contribution in [1.29, 1.82) is 0 Å². The summed E-state index contributed by atoms with van der Waals surface area (Å²) in [6.07, 6.45) is 1.73. The van der Waals surface area contributed by atoms with Crippen LogP contribution in [0.4, 0.5) is 4.79 Å². The molecule has 0 aromatic carbocycles. The van der Waals surface area contributed by atoms with Crippen molar-refractivity contribution >= 4 is 17.4 Å². The molecule has 126 valence electrons. The lowest BCUT2D eigenvalue weighted by Gasteiger charge is -2.24. The third-order valence-corrected chi connectivity index (χ3v) is 5.32. The van der Waals surface area contributed by atoms with Crippen LogP contribution in [-0.4, -0.2) is 28.1 Å². The van der Waals surface area contributed by atoms with Gasteiger partial charge in [0.05, 0.1) is 29.0 Å². The summed E-state index contributed by atoms with van der Waals surface area (Å²) < 4.78 is 5.18. The summed E-state index contributed by atoms with van der Waals surface area (Å²) in [5.74, 6) is 0.665. The molecule has 2 aromatic heterocycles. The molecule has 1 atom stereocenters. The Morgan fingerprint density at radius 3 is 2.74 bits per heavy atom. The summed E-state index contributed by atoms with van der Waals surface area (Å²) in [6, 6.07) is 1.71. The molecule has 2 amide bonds. The molecule has 0 saturated heterocycles. The number of hydrogen-bond acceptors (Lipinski definition) is 5. The monoisotopic (exact) mass is 336 g/mol. The first-order valence-corrected chi connectivity index (χ1v) is 8.69. The number of rotatable bonds is 6.